The fourth-order valence-electron chi connectivity index (χ4n) is 6.36. The fraction of sp³-hybridized carbons (Fsp3) is 0.536. The summed E-state index contributed by atoms with van der Waals surface area (Å²) in [6.45, 7) is 2.72. The predicted molar refractivity (Wildman–Crippen MR) is 135 cm³/mol. The second kappa shape index (κ2) is 9.95. The number of hydrogen-bond acceptors (Lipinski definition) is 7. The maximum Gasteiger partial charge on any atom is 0.313 e. The van der Waals surface area contributed by atoms with Gasteiger partial charge >= 0.3 is 5.97 Å². The number of amides is 2. The number of aliphatic hydroxyl groups is 1. The molecular formula is C28H34N2O7. The molecule has 4 heterocycles. The highest BCUT2D eigenvalue weighted by Crippen LogP contribution is 2.58. The third-order valence-electron chi connectivity index (χ3n) is 8.09. The van der Waals surface area contributed by atoms with Crippen LogP contribution in [0.25, 0.3) is 0 Å². The van der Waals surface area contributed by atoms with Crippen molar-refractivity contribution in [2.75, 3.05) is 38.3 Å². The molecule has 1 N–H and O–H groups in total. The topological polar surface area (TPSA) is 106 Å². The van der Waals surface area contributed by atoms with Crippen LogP contribution in [0.15, 0.2) is 48.6 Å². The molecule has 9 heteroatoms. The molecule has 2 saturated heterocycles. The van der Waals surface area contributed by atoms with Gasteiger partial charge in [-0.05, 0) is 49.9 Å². The highest BCUT2D eigenvalue weighted by Gasteiger charge is 2.75. The van der Waals surface area contributed by atoms with Crippen molar-refractivity contribution in [3.8, 4) is 5.75 Å². The molecule has 0 aliphatic carbocycles. The number of nitrogens with zero attached hydrogens (tertiary/aromatic N) is 2. The van der Waals surface area contributed by atoms with Crippen molar-refractivity contribution in [3.63, 3.8) is 0 Å². The van der Waals surface area contributed by atoms with Gasteiger partial charge in [-0.25, -0.2) is 0 Å². The van der Waals surface area contributed by atoms with Gasteiger partial charge in [0, 0.05) is 25.4 Å². The number of carbonyl (C=O) groups excluding carboxylic acids is 3. The van der Waals surface area contributed by atoms with E-state index in [9.17, 15) is 19.5 Å². The van der Waals surface area contributed by atoms with Crippen molar-refractivity contribution in [2.24, 2.45) is 11.8 Å². The summed E-state index contributed by atoms with van der Waals surface area (Å²) in [7, 11) is 1.58. The molecule has 5 atom stereocenters. The van der Waals surface area contributed by atoms with Crippen molar-refractivity contribution < 1.29 is 33.7 Å². The average Bonchev–Trinajstić information content (AvgIpc) is 3.24. The van der Waals surface area contributed by atoms with Crippen LogP contribution >= 0.6 is 0 Å². The Morgan fingerprint density at radius 1 is 1.05 bits per heavy atom. The van der Waals surface area contributed by atoms with E-state index in [4.69, 9.17) is 14.2 Å². The van der Waals surface area contributed by atoms with Crippen LogP contribution in [0.1, 0.15) is 32.6 Å². The summed E-state index contributed by atoms with van der Waals surface area (Å²) in [4.78, 5) is 45.0. The lowest BCUT2D eigenvalue weighted by molar-refractivity contribution is -0.160. The van der Waals surface area contributed by atoms with Crippen LogP contribution in [0.3, 0.4) is 0 Å². The lowest BCUT2D eigenvalue weighted by Gasteiger charge is -2.38. The normalized spacial score (nSPS) is 32.8. The number of benzene rings is 1. The lowest BCUT2D eigenvalue weighted by atomic mass is 9.73. The number of aliphatic hydroxyl groups excluding tert-OH is 1. The van der Waals surface area contributed by atoms with E-state index in [0.29, 0.717) is 43.7 Å². The molecule has 0 radical (unpaired) electrons. The minimum absolute atomic E-state index is 0.0116. The van der Waals surface area contributed by atoms with Gasteiger partial charge in [-0.1, -0.05) is 31.2 Å². The Morgan fingerprint density at radius 3 is 2.54 bits per heavy atom. The van der Waals surface area contributed by atoms with E-state index in [1.54, 1.807) is 29.0 Å². The molecule has 4 aliphatic rings. The Kier molecular flexibility index (Phi) is 6.85. The van der Waals surface area contributed by atoms with Gasteiger partial charge in [-0.3, -0.25) is 14.4 Å². The van der Waals surface area contributed by atoms with Gasteiger partial charge in [0.05, 0.1) is 19.6 Å². The first-order valence-corrected chi connectivity index (χ1v) is 13.0. The van der Waals surface area contributed by atoms with Gasteiger partial charge < -0.3 is 29.1 Å². The fourth-order valence-corrected chi connectivity index (χ4v) is 6.36. The zero-order chi connectivity index (χ0) is 26.2. The van der Waals surface area contributed by atoms with Crippen LogP contribution in [0.2, 0.25) is 0 Å². The maximum atomic E-state index is 14.3. The molecule has 5 rings (SSSR count). The molecule has 1 aromatic carbocycles. The SMILES string of the molecule is CC[C@@]12C=CCCOC(=O)[C@@H]1[C@H]1C(=O)N(CCCCO)C3C(=O)N(c4ccc(OC)cc4)CC=C[C@@]31O2. The Bertz CT molecular complexity index is 1120. The van der Waals surface area contributed by atoms with Crippen LogP contribution in [-0.4, -0.2) is 78.4 Å². The van der Waals surface area contributed by atoms with Crippen molar-refractivity contribution in [3.05, 3.63) is 48.6 Å². The number of anilines is 1. The number of ether oxygens (including phenoxy) is 3. The molecule has 0 bridgehead atoms. The molecule has 9 nitrogen and oxygen atoms in total. The number of esters is 1. The van der Waals surface area contributed by atoms with E-state index in [2.05, 4.69) is 0 Å². The van der Waals surface area contributed by atoms with E-state index in [1.807, 2.05) is 43.4 Å². The summed E-state index contributed by atoms with van der Waals surface area (Å²) in [5, 5.41) is 9.35. The van der Waals surface area contributed by atoms with Gasteiger partial charge in [0.25, 0.3) is 5.91 Å². The quantitative estimate of drug-likeness (QED) is 0.341. The van der Waals surface area contributed by atoms with E-state index >= 15 is 0 Å². The van der Waals surface area contributed by atoms with Crippen molar-refractivity contribution in [1.82, 2.24) is 4.90 Å². The molecule has 2 fully saturated rings. The molecule has 1 aromatic rings. The Morgan fingerprint density at radius 2 is 1.84 bits per heavy atom. The minimum atomic E-state index is -1.32. The Labute approximate surface area is 216 Å². The predicted octanol–water partition coefficient (Wildman–Crippen LogP) is 2.23. The summed E-state index contributed by atoms with van der Waals surface area (Å²) in [5.74, 6) is -2.11. The smallest absolute Gasteiger partial charge is 0.313 e. The van der Waals surface area contributed by atoms with E-state index in [1.165, 1.54) is 0 Å². The number of unbranched alkanes of at least 4 members (excludes halogenated alkanes) is 1. The summed E-state index contributed by atoms with van der Waals surface area (Å²) >= 11 is 0. The van der Waals surface area contributed by atoms with Crippen molar-refractivity contribution in [2.45, 2.75) is 49.9 Å². The monoisotopic (exact) mass is 510 g/mol. The van der Waals surface area contributed by atoms with Gasteiger partial charge in [0.2, 0.25) is 5.91 Å². The molecule has 4 aliphatic heterocycles. The van der Waals surface area contributed by atoms with E-state index in [0.717, 1.165) is 0 Å². The standard InChI is InChI=1S/C28H34N2O7/c1-3-27-13-4-7-18-36-26(34)22(27)21-24(32)30(15-5-6-17-31)23-25(33)29(16-8-14-28(21,23)37-27)19-9-11-20(35-2)12-10-19/h4,8-14,21-23,31H,3,5-7,15-18H2,1-2H3/t21-,22-,23?,27+,28-/m0/s1. The first-order valence-electron chi connectivity index (χ1n) is 13.0. The van der Waals surface area contributed by atoms with Gasteiger partial charge in [0.15, 0.2) is 0 Å². The number of hydrogen-bond donors (Lipinski definition) is 1. The second-order valence-corrected chi connectivity index (χ2v) is 9.99. The lowest BCUT2D eigenvalue weighted by Crippen LogP contribution is -2.56. The van der Waals surface area contributed by atoms with Gasteiger partial charge in [-0.2, -0.15) is 0 Å². The van der Waals surface area contributed by atoms with Crippen LogP contribution in [0.5, 0.6) is 5.75 Å². The molecule has 2 amide bonds. The average molecular weight is 511 g/mol. The Hall–Kier alpha value is -3.17. The van der Waals surface area contributed by atoms with Gasteiger partial charge in [0.1, 0.15) is 28.9 Å². The number of methoxy groups -OCH3 is 1. The van der Waals surface area contributed by atoms with Gasteiger partial charge in [-0.15, -0.1) is 0 Å². The zero-order valence-corrected chi connectivity index (χ0v) is 21.3. The summed E-state index contributed by atoms with van der Waals surface area (Å²) in [6, 6.07) is 6.24. The summed E-state index contributed by atoms with van der Waals surface area (Å²) < 4.78 is 17.7. The third kappa shape index (κ3) is 3.95. The number of cyclic esters (lactones) is 1. The van der Waals surface area contributed by atoms with Crippen molar-refractivity contribution >= 4 is 23.5 Å². The van der Waals surface area contributed by atoms with Crippen molar-refractivity contribution in [1.29, 1.82) is 0 Å². The summed E-state index contributed by atoms with van der Waals surface area (Å²) in [6.07, 6.45) is 9.56. The molecule has 1 unspecified atom stereocenters. The van der Waals surface area contributed by atoms with Crippen LogP contribution in [0, 0.1) is 11.8 Å². The third-order valence-corrected chi connectivity index (χ3v) is 8.09. The summed E-state index contributed by atoms with van der Waals surface area (Å²) in [5.41, 5.74) is -1.69. The molecular weight excluding hydrogens is 476 g/mol. The molecule has 37 heavy (non-hydrogen) atoms. The molecule has 0 aromatic heterocycles. The number of fused-ring (bicyclic) bond motifs is 2. The Balaban J connectivity index is 1.62. The molecule has 0 saturated carbocycles. The minimum Gasteiger partial charge on any atom is -0.497 e. The first kappa shape index (κ1) is 25.5. The van der Waals surface area contributed by atoms with Crippen LogP contribution in [0.4, 0.5) is 5.69 Å². The molecule has 198 valence electrons. The largest absolute Gasteiger partial charge is 0.497 e. The second-order valence-electron chi connectivity index (χ2n) is 9.99. The van der Waals surface area contributed by atoms with E-state index in [-0.39, 0.29) is 31.6 Å². The molecule has 1 spiro atoms. The van der Waals surface area contributed by atoms with E-state index < -0.39 is 35.0 Å². The number of carbonyl (C=O) groups is 3. The number of rotatable bonds is 7. The van der Waals surface area contributed by atoms with Crippen LogP contribution < -0.4 is 9.64 Å². The van der Waals surface area contributed by atoms with Crippen LogP contribution in [-0.2, 0) is 23.9 Å². The maximum absolute atomic E-state index is 14.3. The zero-order valence-electron chi connectivity index (χ0n) is 21.3. The first-order chi connectivity index (χ1) is 17.9. The highest BCUT2D eigenvalue weighted by atomic mass is 16.6. The highest BCUT2D eigenvalue weighted by molar-refractivity contribution is 6.05. The number of likely N-dealkylation sites (tertiary alicyclic amines) is 1.